The van der Waals surface area contributed by atoms with Gasteiger partial charge in [0.25, 0.3) is 10.0 Å². The van der Waals surface area contributed by atoms with Crippen molar-refractivity contribution in [3.05, 3.63) is 11.8 Å². The summed E-state index contributed by atoms with van der Waals surface area (Å²) in [5, 5.41) is 9.86. The Hall–Kier alpha value is -0.920. The first-order valence-corrected chi connectivity index (χ1v) is 8.17. The lowest BCUT2D eigenvalue weighted by Gasteiger charge is -2.16. The van der Waals surface area contributed by atoms with Gasteiger partial charge in [0.1, 0.15) is 0 Å². The van der Waals surface area contributed by atoms with Crippen LogP contribution in [0.1, 0.15) is 38.7 Å². The van der Waals surface area contributed by atoms with E-state index >= 15 is 0 Å². The summed E-state index contributed by atoms with van der Waals surface area (Å²) in [6.45, 7) is 6.01. The van der Waals surface area contributed by atoms with Crippen molar-refractivity contribution < 1.29 is 8.42 Å². The normalized spacial score (nSPS) is 12.2. The van der Waals surface area contributed by atoms with E-state index in [-0.39, 0.29) is 5.03 Å². The second-order valence-electron chi connectivity index (χ2n) is 4.58. The topological polar surface area (TPSA) is 78.1 Å². The van der Waals surface area contributed by atoms with Crippen LogP contribution in [-0.2, 0) is 16.6 Å². The van der Waals surface area contributed by atoms with Crippen LogP contribution in [0.25, 0.3) is 0 Å². The van der Waals surface area contributed by atoms with Gasteiger partial charge in [-0.3, -0.25) is 5.10 Å². The molecule has 0 unspecified atom stereocenters. The Kier molecular flexibility index (Phi) is 6.47. The lowest BCUT2D eigenvalue weighted by atomic mass is 10.3. The molecule has 2 N–H and O–H groups in total. The van der Waals surface area contributed by atoms with Crippen molar-refractivity contribution in [3.8, 4) is 0 Å². The number of aromatic nitrogens is 2. The highest BCUT2D eigenvalue weighted by Crippen LogP contribution is 2.16. The molecule has 1 heterocycles. The van der Waals surface area contributed by atoms with Gasteiger partial charge < -0.3 is 5.32 Å². The van der Waals surface area contributed by atoms with Gasteiger partial charge in [0.15, 0.2) is 5.03 Å². The fourth-order valence-electron chi connectivity index (χ4n) is 1.71. The van der Waals surface area contributed by atoms with Crippen LogP contribution >= 0.6 is 0 Å². The Morgan fingerprint density at radius 2 is 2.11 bits per heavy atom. The number of nitrogens with zero attached hydrogens (tertiary/aromatic N) is 2. The smallest absolute Gasteiger partial charge is 0.260 e. The SMILES string of the molecule is CCCCN(C)S(=O)(=O)c1[nH]ncc1CNCCC. The summed E-state index contributed by atoms with van der Waals surface area (Å²) in [7, 11) is -1.85. The van der Waals surface area contributed by atoms with E-state index in [1.807, 2.05) is 6.92 Å². The predicted octanol–water partition coefficient (Wildman–Crippen LogP) is 1.33. The Balaban J connectivity index is 2.80. The van der Waals surface area contributed by atoms with E-state index in [1.54, 1.807) is 13.2 Å². The molecule has 0 bridgehead atoms. The minimum atomic E-state index is -3.46. The van der Waals surface area contributed by atoms with Crippen LogP contribution in [0.2, 0.25) is 0 Å². The molecule has 0 amide bonds. The lowest BCUT2D eigenvalue weighted by Crippen LogP contribution is -2.29. The van der Waals surface area contributed by atoms with Crippen LogP contribution in [-0.4, -0.2) is 43.1 Å². The highest BCUT2D eigenvalue weighted by atomic mass is 32.2. The maximum Gasteiger partial charge on any atom is 0.260 e. The second kappa shape index (κ2) is 7.62. The van der Waals surface area contributed by atoms with Crippen molar-refractivity contribution in [1.29, 1.82) is 0 Å². The number of sulfonamides is 1. The molecule has 0 fully saturated rings. The fraction of sp³-hybridized carbons (Fsp3) is 0.750. The lowest BCUT2D eigenvalue weighted by molar-refractivity contribution is 0.455. The number of aromatic amines is 1. The number of unbranched alkanes of at least 4 members (excludes halogenated alkanes) is 1. The van der Waals surface area contributed by atoms with Gasteiger partial charge in [-0.25, -0.2) is 8.42 Å². The minimum absolute atomic E-state index is 0.203. The first-order chi connectivity index (χ1) is 9.04. The van der Waals surface area contributed by atoms with Crippen molar-refractivity contribution in [2.75, 3.05) is 20.1 Å². The summed E-state index contributed by atoms with van der Waals surface area (Å²) in [6.07, 6.45) is 4.40. The van der Waals surface area contributed by atoms with Gasteiger partial charge >= 0.3 is 0 Å². The molecule has 19 heavy (non-hydrogen) atoms. The van der Waals surface area contributed by atoms with Crippen LogP contribution in [0.4, 0.5) is 0 Å². The largest absolute Gasteiger partial charge is 0.313 e. The fourth-order valence-corrected chi connectivity index (χ4v) is 3.01. The summed E-state index contributed by atoms with van der Waals surface area (Å²) >= 11 is 0. The molecule has 0 atom stereocenters. The zero-order chi connectivity index (χ0) is 14.3. The van der Waals surface area contributed by atoms with Crippen molar-refractivity contribution in [2.45, 2.75) is 44.7 Å². The summed E-state index contributed by atoms with van der Waals surface area (Å²) < 4.78 is 26.1. The third kappa shape index (κ3) is 4.29. The second-order valence-corrected chi connectivity index (χ2v) is 6.56. The van der Waals surface area contributed by atoms with Crippen LogP contribution in [0, 0.1) is 0 Å². The monoisotopic (exact) mass is 288 g/mol. The number of nitrogens with one attached hydrogen (secondary N) is 2. The van der Waals surface area contributed by atoms with E-state index in [4.69, 9.17) is 0 Å². The van der Waals surface area contributed by atoms with Crippen LogP contribution in [0.15, 0.2) is 11.2 Å². The van der Waals surface area contributed by atoms with Gasteiger partial charge in [-0.2, -0.15) is 9.40 Å². The molecule has 0 aromatic carbocycles. The Morgan fingerprint density at radius 1 is 1.37 bits per heavy atom. The predicted molar refractivity (Wildman–Crippen MR) is 75.3 cm³/mol. The molecular formula is C12H24N4O2S. The highest BCUT2D eigenvalue weighted by molar-refractivity contribution is 7.89. The summed E-state index contributed by atoms with van der Waals surface area (Å²) in [5.74, 6) is 0. The van der Waals surface area contributed by atoms with Crippen molar-refractivity contribution >= 4 is 10.0 Å². The zero-order valence-electron chi connectivity index (χ0n) is 11.9. The molecule has 0 aliphatic carbocycles. The van der Waals surface area contributed by atoms with Gasteiger partial charge in [0, 0.05) is 25.7 Å². The number of hydrogen-bond donors (Lipinski definition) is 2. The maximum atomic E-state index is 12.4. The Morgan fingerprint density at radius 3 is 2.74 bits per heavy atom. The van der Waals surface area contributed by atoms with Crippen LogP contribution in [0.3, 0.4) is 0 Å². The Bertz CT molecular complexity index is 470. The molecule has 0 spiro atoms. The van der Waals surface area contributed by atoms with Gasteiger partial charge in [0.2, 0.25) is 0 Å². The van der Waals surface area contributed by atoms with Crippen molar-refractivity contribution in [1.82, 2.24) is 19.8 Å². The molecule has 0 saturated carbocycles. The summed E-state index contributed by atoms with van der Waals surface area (Å²) in [6, 6.07) is 0. The van der Waals surface area contributed by atoms with Crippen LogP contribution in [0.5, 0.6) is 0 Å². The minimum Gasteiger partial charge on any atom is -0.313 e. The van der Waals surface area contributed by atoms with E-state index in [0.717, 1.165) is 25.8 Å². The van der Waals surface area contributed by atoms with Gasteiger partial charge in [-0.1, -0.05) is 20.3 Å². The average molecular weight is 288 g/mol. The standard InChI is InChI=1S/C12H24N4O2S/c1-4-6-8-16(3)19(17,18)12-11(10-14-15-12)9-13-7-5-2/h10,13H,4-9H2,1-3H3,(H,14,15). The number of rotatable bonds is 9. The summed E-state index contributed by atoms with van der Waals surface area (Å²) in [5.41, 5.74) is 0.691. The molecule has 0 radical (unpaired) electrons. The van der Waals surface area contributed by atoms with Crippen molar-refractivity contribution in [2.24, 2.45) is 0 Å². The molecule has 7 heteroatoms. The molecule has 110 valence electrons. The molecule has 1 aromatic rings. The van der Waals surface area contributed by atoms with E-state index in [9.17, 15) is 8.42 Å². The van der Waals surface area contributed by atoms with E-state index < -0.39 is 10.0 Å². The quantitative estimate of drug-likeness (QED) is 0.672. The molecule has 0 aliphatic rings. The van der Waals surface area contributed by atoms with Gasteiger partial charge in [-0.15, -0.1) is 0 Å². The molecule has 0 saturated heterocycles. The summed E-state index contributed by atoms with van der Waals surface area (Å²) in [4.78, 5) is 0. The molecule has 6 nitrogen and oxygen atoms in total. The molecule has 1 aromatic heterocycles. The third-order valence-electron chi connectivity index (χ3n) is 2.92. The molecule has 1 rings (SSSR count). The molecular weight excluding hydrogens is 264 g/mol. The maximum absolute atomic E-state index is 12.4. The average Bonchev–Trinajstić information content (AvgIpc) is 2.85. The van der Waals surface area contributed by atoms with E-state index in [0.29, 0.717) is 18.7 Å². The number of hydrogen-bond acceptors (Lipinski definition) is 4. The van der Waals surface area contributed by atoms with Gasteiger partial charge in [-0.05, 0) is 19.4 Å². The van der Waals surface area contributed by atoms with Gasteiger partial charge in [0.05, 0.1) is 6.20 Å². The first kappa shape index (κ1) is 16.1. The van der Waals surface area contributed by atoms with E-state index in [1.165, 1.54) is 4.31 Å². The third-order valence-corrected chi connectivity index (χ3v) is 4.79. The highest BCUT2D eigenvalue weighted by Gasteiger charge is 2.25. The first-order valence-electron chi connectivity index (χ1n) is 6.73. The van der Waals surface area contributed by atoms with Crippen LogP contribution < -0.4 is 5.32 Å². The molecule has 0 aliphatic heterocycles. The zero-order valence-corrected chi connectivity index (χ0v) is 12.8. The van der Waals surface area contributed by atoms with Crippen molar-refractivity contribution in [3.63, 3.8) is 0 Å². The number of H-pyrrole nitrogens is 1. The Labute approximate surface area is 115 Å². The van der Waals surface area contributed by atoms with E-state index in [2.05, 4.69) is 22.4 Å².